The van der Waals surface area contributed by atoms with Crippen LogP contribution in [0.4, 0.5) is 10.5 Å². The van der Waals surface area contributed by atoms with Gasteiger partial charge in [0.1, 0.15) is 0 Å². The molecule has 116 valence electrons. The Bertz CT molecular complexity index is 584. The molecule has 0 saturated heterocycles. The molecule has 0 bridgehead atoms. The zero-order valence-corrected chi connectivity index (χ0v) is 13.9. The number of benzene rings is 2. The standard InChI is InChI=1S/C18H22N2OS/c1-3-13-20(14-15-7-5-4-6-8-15)18(21)19-16-9-11-17(22-2)12-10-16/h4-12H,3,13-14H2,1-2H3,(H,19,21). The number of urea groups is 1. The molecule has 2 aromatic carbocycles. The smallest absolute Gasteiger partial charge is 0.320 e. The van der Waals surface area contributed by atoms with Crippen LogP contribution >= 0.6 is 11.8 Å². The van der Waals surface area contributed by atoms with E-state index in [0.29, 0.717) is 6.54 Å². The van der Waals surface area contributed by atoms with E-state index in [1.165, 1.54) is 4.90 Å². The van der Waals surface area contributed by atoms with Gasteiger partial charge >= 0.3 is 6.03 Å². The van der Waals surface area contributed by atoms with Gasteiger partial charge in [-0.1, -0.05) is 37.3 Å². The minimum absolute atomic E-state index is 0.0531. The molecule has 0 fully saturated rings. The molecule has 0 aliphatic rings. The Balaban J connectivity index is 2.02. The predicted molar refractivity (Wildman–Crippen MR) is 94.4 cm³/mol. The van der Waals surface area contributed by atoms with E-state index in [-0.39, 0.29) is 6.03 Å². The molecule has 1 N–H and O–H groups in total. The first kappa shape index (κ1) is 16.4. The molecule has 2 amide bonds. The lowest BCUT2D eigenvalue weighted by atomic mass is 10.2. The molecule has 0 unspecified atom stereocenters. The van der Waals surface area contributed by atoms with Crippen LogP contribution < -0.4 is 5.32 Å². The zero-order chi connectivity index (χ0) is 15.8. The number of anilines is 1. The van der Waals surface area contributed by atoms with Crippen molar-refractivity contribution < 1.29 is 4.79 Å². The summed E-state index contributed by atoms with van der Waals surface area (Å²) in [6.07, 6.45) is 2.97. The number of hydrogen-bond donors (Lipinski definition) is 1. The van der Waals surface area contributed by atoms with Crippen molar-refractivity contribution in [2.75, 3.05) is 18.1 Å². The van der Waals surface area contributed by atoms with E-state index >= 15 is 0 Å². The van der Waals surface area contributed by atoms with Gasteiger partial charge in [0.2, 0.25) is 0 Å². The molecule has 0 radical (unpaired) electrons. The average molecular weight is 314 g/mol. The molecule has 0 spiro atoms. The van der Waals surface area contributed by atoms with E-state index in [2.05, 4.69) is 12.2 Å². The van der Waals surface area contributed by atoms with Gasteiger partial charge in [-0.15, -0.1) is 11.8 Å². The van der Waals surface area contributed by atoms with Gasteiger partial charge < -0.3 is 10.2 Å². The van der Waals surface area contributed by atoms with Crippen LogP contribution in [0.5, 0.6) is 0 Å². The third-order valence-electron chi connectivity index (χ3n) is 3.34. The number of thioether (sulfide) groups is 1. The quantitative estimate of drug-likeness (QED) is 0.773. The summed E-state index contributed by atoms with van der Waals surface area (Å²) in [6.45, 7) is 3.45. The van der Waals surface area contributed by atoms with Crippen molar-refractivity contribution in [1.82, 2.24) is 4.90 Å². The molecule has 3 nitrogen and oxygen atoms in total. The molecule has 0 saturated carbocycles. The second-order valence-electron chi connectivity index (χ2n) is 5.07. The Hall–Kier alpha value is -1.94. The van der Waals surface area contributed by atoms with Crippen LogP contribution in [0.3, 0.4) is 0 Å². The molecule has 2 rings (SSSR count). The summed E-state index contributed by atoms with van der Waals surface area (Å²) in [6, 6.07) is 17.9. The van der Waals surface area contributed by atoms with Crippen molar-refractivity contribution in [3.05, 3.63) is 60.2 Å². The van der Waals surface area contributed by atoms with Crippen molar-refractivity contribution in [1.29, 1.82) is 0 Å². The van der Waals surface area contributed by atoms with Gasteiger partial charge in [-0.3, -0.25) is 0 Å². The summed E-state index contributed by atoms with van der Waals surface area (Å²) >= 11 is 1.69. The van der Waals surface area contributed by atoms with Crippen LogP contribution in [0.2, 0.25) is 0 Å². The minimum atomic E-state index is -0.0531. The van der Waals surface area contributed by atoms with E-state index in [4.69, 9.17) is 0 Å². The van der Waals surface area contributed by atoms with Crippen molar-refractivity contribution in [2.45, 2.75) is 24.8 Å². The first-order valence-corrected chi connectivity index (χ1v) is 8.69. The molecule has 0 aromatic heterocycles. The van der Waals surface area contributed by atoms with Crippen LogP contribution in [0.25, 0.3) is 0 Å². The SMILES string of the molecule is CCCN(Cc1ccccc1)C(=O)Nc1ccc(SC)cc1. The topological polar surface area (TPSA) is 32.3 Å². The lowest BCUT2D eigenvalue weighted by Crippen LogP contribution is -2.35. The van der Waals surface area contributed by atoms with Crippen molar-refractivity contribution in [3.63, 3.8) is 0 Å². The Labute approximate surface area is 136 Å². The Morgan fingerprint density at radius 3 is 2.36 bits per heavy atom. The van der Waals surface area contributed by atoms with E-state index in [9.17, 15) is 4.79 Å². The lowest BCUT2D eigenvalue weighted by molar-refractivity contribution is 0.209. The second-order valence-corrected chi connectivity index (χ2v) is 5.95. The van der Waals surface area contributed by atoms with E-state index in [0.717, 1.165) is 24.2 Å². The number of carbonyl (C=O) groups is 1. The van der Waals surface area contributed by atoms with Gasteiger partial charge in [0.15, 0.2) is 0 Å². The molecule has 4 heteroatoms. The first-order valence-electron chi connectivity index (χ1n) is 7.47. The molecule has 0 aliphatic heterocycles. The summed E-state index contributed by atoms with van der Waals surface area (Å²) in [7, 11) is 0. The van der Waals surface area contributed by atoms with Crippen LogP contribution in [0, 0.1) is 0 Å². The number of hydrogen-bond acceptors (Lipinski definition) is 2. The molecule has 2 aromatic rings. The summed E-state index contributed by atoms with van der Waals surface area (Å²) in [5.74, 6) is 0. The Morgan fingerprint density at radius 1 is 1.09 bits per heavy atom. The van der Waals surface area contributed by atoms with Gasteiger partial charge in [0.25, 0.3) is 0 Å². The maximum Gasteiger partial charge on any atom is 0.322 e. The molecule has 0 heterocycles. The molecule has 0 atom stereocenters. The maximum atomic E-state index is 12.5. The van der Waals surface area contributed by atoms with Gasteiger partial charge in [-0.2, -0.15) is 0 Å². The van der Waals surface area contributed by atoms with Crippen LogP contribution in [0.1, 0.15) is 18.9 Å². The minimum Gasteiger partial charge on any atom is -0.320 e. The predicted octanol–water partition coefficient (Wildman–Crippen LogP) is 4.85. The molecular weight excluding hydrogens is 292 g/mol. The summed E-state index contributed by atoms with van der Waals surface area (Å²) in [5, 5.41) is 2.98. The zero-order valence-electron chi connectivity index (χ0n) is 13.1. The highest BCUT2D eigenvalue weighted by Crippen LogP contribution is 2.18. The third-order valence-corrected chi connectivity index (χ3v) is 4.08. The van der Waals surface area contributed by atoms with Gasteiger partial charge in [-0.25, -0.2) is 4.79 Å². The summed E-state index contributed by atoms with van der Waals surface area (Å²) in [5.41, 5.74) is 1.97. The van der Waals surface area contributed by atoms with Gasteiger partial charge in [0, 0.05) is 23.7 Å². The van der Waals surface area contributed by atoms with Crippen LogP contribution in [0.15, 0.2) is 59.5 Å². The molecule has 0 aliphatic carbocycles. The van der Waals surface area contributed by atoms with Gasteiger partial charge in [0.05, 0.1) is 0 Å². The monoisotopic (exact) mass is 314 g/mol. The lowest BCUT2D eigenvalue weighted by Gasteiger charge is -2.22. The fraction of sp³-hybridized carbons (Fsp3) is 0.278. The largest absolute Gasteiger partial charge is 0.322 e. The fourth-order valence-electron chi connectivity index (χ4n) is 2.20. The van der Waals surface area contributed by atoms with Gasteiger partial charge in [-0.05, 0) is 42.5 Å². The van der Waals surface area contributed by atoms with Crippen molar-refractivity contribution >= 4 is 23.5 Å². The number of nitrogens with one attached hydrogen (secondary N) is 1. The number of amides is 2. The highest BCUT2D eigenvalue weighted by molar-refractivity contribution is 7.98. The van der Waals surface area contributed by atoms with E-state index < -0.39 is 0 Å². The first-order chi connectivity index (χ1) is 10.7. The van der Waals surface area contributed by atoms with Crippen molar-refractivity contribution in [3.8, 4) is 0 Å². The number of carbonyl (C=O) groups excluding carboxylic acids is 1. The number of nitrogens with zero attached hydrogens (tertiary/aromatic N) is 1. The highest BCUT2D eigenvalue weighted by Gasteiger charge is 2.13. The maximum absolute atomic E-state index is 12.5. The molecular formula is C18H22N2OS. The highest BCUT2D eigenvalue weighted by atomic mass is 32.2. The summed E-state index contributed by atoms with van der Waals surface area (Å²) in [4.78, 5) is 15.5. The van der Waals surface area contributed by atoms with Crippen LogP contribution in [-0.2, 0) is 6.54 Å². The van der Waals surface area contributed by atoms with Crippen molar-refractivity contribution in [2.24, 2.45) is 0 Å². The summed E-state index contributed by atoms with van der Waals surface area (Å²) < 4.78 is 0. The normalized spacial score (nSPS) is 10.3. The number of rotatable bonds is 6. The Kier molecular flexibility index (Phi) is 6.34. The fourth-order valence-corrected chi connectivity index (χ4v) is 2.61. The molecule has 22 heavy (non-hydrogen) atoms. The second kappa shape index (κ2) is 8.49. The third kappa shape index (κ3) is 4.81. The average Bonchev–Trinajstić information content (AvgIpc) is 2.56. The Morgan fingerprint density at radius 2 is 1.77 bits per heavy atom. The van der Waals surface area contributed by atoms with E-state index in [1.807, 2.05) is 65.8 Å². The van der Waals surface area contributed by atoms with E-state index in [1.54, 1.807) is 11.8 Å². The van der Waals surface area contributed by atoms with Crippen LogP contribution in [-0.4, -0.2) is 23.7 Å².